The van der Waals surface area contributed by atoms with Crippen LogP contribution in [-0.4, -0.2) is 14.6 Å². The number of anilines is 1. The first-order valence-electron chi connectivity index (χ1n) is 6.22. The summed E-state index contributed by atoms with van der Waals surface area (Å²) in [5.41, 5.74) is 4.33. The van der Waals surface area contributed by atoms with Crippen LogP contribution in [0.5, 0.6) is 0 Å². The third kappa shape index (κ3) is 3.68. The molecule has 0 aliphatic rings. The SMILES string of the molecule is CC=NNc1ccc(S(=O)(=O)Cc2ccccc2)cc1. The quantitative estimate of drug-likeness (QED) is 0.679. The van der Waals surface area contributed by atoms with Crippen molar-refractivity contribution in [2.75, 3.05) is 5.43 Å². The lowest BCUT2D eigenvalue weighted by atomic mass is 10.2. The molecule has 0 spiro atoms. The van der Waals surface area contributed by atoms with E-state index in [1.165, 1.54) is 0 Å². The average Bonchev–Trinajstić information content (AvgIpc) is 2.46. The Labute approximate surface area is 119 Å². The van der Waals surface area contributed by atoms with E-state index in [1.807, 2.05) is 30.3 Å². The predicted octanol–water partition coefficient (Wildman–Crippen LogP) is 3.08. The summed E-state index contributed by atoms with van der Waals surface area (Å²) < 4.78 is 24.6. The summed E-state index contributed by atoms with van der Waals surface area (Å²) in [5.74, 6) is 0.00767. The zero-order valence-corrected chi connectivity index (χ0v) is 12.0. The van der Waals surface area contributed by atoms with Gasteiger partial charge in [-0.1, -0.05) is 30.3 Å². The Morgan fingerprint density at radius 1 is 1.05 bits per heavy atom. The van der Waals surface area contributed by atoms with Gasteiger partial charge in [0.05, 0.1) is 16.3 Å². The van der Waals surface area contributed by atoms with Crippen molar-refractivity contribution in [3.8, 4) is 0 Å². The van der Waals surface area contributed by atoms with Crippen LogP contribution in [0.3, 0.4) is 0 Å². The molecule has 0 aliphatic carbocycles. The van der Waals surface area contributed by atoms with Gasteiger partial charge in [0.1, 0.15) is 0 Å². The lowest BCUT2D eigenvalue weighted by Gasteiger charge is -2.06. The molecule has 104 valence electrons. The van der Waals surface area contributed by atoms with Crippen LogP contribution in [-0.2, 0) is 15.6 Å². The van der Waals surface area contributed by atoms with E-state index in [1.54, 1.807) is 37.4 Å². The van der Waals surface area contributed by atoms with Crippen LogP contribution in [0.4, 0.5) is 5.69 Å². The Hall–Kier alpha value is -2.14. The van der Waals surface area contributed by atoms with Gasteiger partial charge < -0.3 is 0 Å². The maximum Gasteiger partial charge on any atom is 0.182 e. The highest BCUT2D eigenvalue weighted by atomic mass is 32.2. The summed E-state index contributed by atoms with van der Waals surface area (Å²) in [6.07, 6.45) is 1.63. The fourth-order valence-corrected chi connectivity index (χ4v) is 3.10. The summed E-state index contributed by atoms with van der Waals surface area (Å²) in [5, 5.41) is 3.88. The zero-order valence-electron chi connectivity index (χ0n) is 11.2. The van der Waals surface area contributed by atoms with Crippen molar-refractivity contribution in [3.05, 3.63) is 60.2 Å². The monoisotopic (exact) mass is 288 g/mol. The van der Waals surface area contributed by atoms with E-state index in [0.29, 0.717) is 4.90 Å². The number of hydrogen-bond acceptors (Lipinski definition) is 4. The van der Waals surface area contributed by atoms with Gasteiger partial charge in [-0.3, -0.25) is 5.43 Å². The molecule has 5 heteroatoms. The summed E-state index contributed by atoms with van der Waals surface area (Å²) in [4.78, 5) is 0.312. The minimum Gasteiger partial charge on any atom is -0.279 e. The van der Waals surface area contributed by atoms with Crippen LogP contribution >= 0.6 is 0 Å². The molecule has 0 heterocycles. The first-order valence-corrected chi connectivity index (χ1v) is 7.87. The van der Waals surface area contributed by atoms with Gasteiger partial charge in [-0.05, 0) is 36.8 Å². The standard InChI is InChI=1S/C15H16N2O2S/c1-2-16-17-14-8-10-15(11-9-14)20(18,19)12-13-6-4-3-5-7-13/h2-11,17H,12H2,1H3. The molecule has 2 rings (SSSR count). The fraction of sp³-hybridized carbons (Fsp3) is 0.133. The van der Waals surface area contributed by atoms with E-state index < -0.39 is 9.84 Å². The minimum absolute atomic E-state index is 0.00767. The van der Waals surface area contributed by atoms with E-state index >= 15 is 0 Å². The fourth-order valence-electron chi connectivity index (χ4n) is 1.75. The van der Waals surface area contributed by atoms with Gasteiger partial charge in [0.25, 0.3) is 0 Å². The van der Waals surface area contributed by atoms with Crippen LogP contribution in [0.25, 0.3) is 0 Å². The van der Waals surface area contributed by atoms with Gasteiger partial charge in [-0.2, -0.15) is 5.10 Å². The second kappa shape index (κ2) is 6.34. The summed E-state index contributed by atoms with van der Waals surface area (Å²) in [6.45, 7) is 1.80. The van der Waals surface area contributed by atoms with Crippen LogP contribution in [0, 0.1) is 0 Å². The Kier molecular flexibility index (Phi) is 4.53. The van der Waals surface area contributed by atoms with E-state index in [4.69, 9.17) is 0 Å². The Morgan fingerprint density at radius 3 is 2.30 bits per heavy atom. The Balaban J connectivity index is 2.17. The number of hydrogen-bond donors (Lipinski definition) is 1. The first-order chi connectivity index (χ1) is 9.62. The van der Waals surface area contributed by atoms with Crippen molar-refractivity contribution < 1.29 is 8.42 Å². The highest BCUT2D eigenvalue weighted by Gasteiger charge is 2.14. The van der Waals surface area contributed by atoms with Crippen LogP contribution in [0.15, 0.2) is 64.6 Å². The maximum atomic E-state index is 12.3. The van der Waals surface area contributed by atoms with E-state index in [9.17, 15) is 8.42 Å². The van der Waals surface area contributed by atoms with E-state index in [2.05, 4.69) is 10.5 Å². The van der Waals surface area contributed by atoms with Crippen molar-refractivity contribution >= 4 is 21.7 Å². The second-order valence-electron chi connectivity index (χ2n) is 4.27. The van der Waals surface area contributed by atoms with Crippen molar-refractivity contribution in [1.82, 2.24) is 0 Å². The maximum absolute atomic E-state index is 12.3. The Bertz CT molecular complexity index is 678. The molecule has 0 radical (unpaired) electrons. The third-order valence-corrected chi connectivity index (χ3v) is 4.44. The van der Waals surface area contributed by atoms with E-state index in [0.717, 1.165) is 11.3 Å². The molecule has 4 nitrogen and oxygen atoms in total. The summed E-state index contributed by atoms with van der Waals surface area (Å²) >= 11 is 0. The topological polar surface area (TPSA) is 58.5 Å². The highest BCUT2D eigenvalue weighted by molar-refractivity contribution is 7.90. The molecule has 0 amide bonds. The van der Waals surface area contributed by atoms with Crippen molar-refractivity contribution in [2.45, 2.75) is 17.6 Å². The van der Waals surface area contributed by atoms with Gasteiger partial charge in [0.2, 0.25) is 0 Å². The van der Waals surface area contributed by atoms with Gasteiger partial charge in [0.15, 0.2) is 9.84 Å². The molecular weight excluding hydrogens is 272 g/mol. The molecule has 2 aromatic rings. The molecule has 2 aromatic carbocycles. The van der Waals surface area contributed by atoms with Crippen LogP contribution in [0.2, 0.25) is 0 Å². The lowest BCUT2D eigenvalue weighted by molar-refractivity contribution is 0.595. The highest BCUT2D eigenvalue weighted by Crippen LogP contribution is 2.18. The number of rotatable bonds is 5. The largest absolute Gasteiger partial charge is 0.279 e. The molecule has 0 unspecified atom stereocenters. The molecule has 0 saturated heterocycles. The molecule has 0 aliphatic heterocycles. The number of nitrogens with one attached hydrogen (secondary N) is 1. The number of sulfone groups is 1. The average molecular weight is 288 g/mol. The number of nitrogens with zero attached hydrogens (tertiary/aromatic N) is 1. The van der Waals surface area contributed by atoms with Crippen molar-refractivity contribution in [2.24, 2.45) is 5.10 Å². The smallest absolute Gasteiger partial charge is 0.182 e. The minimum atomic E-state index is -3.32. The summed E-state index contributed by atoms with van der Waals surface area (Å²) in [7, 11) is -3.32. The normalized spacial score (nSPS) is 11.7. The molecular formula is C15H16N2O2S. The van der Waals surface area contributed by atoms with Crippen LogP contribution in [0.1, 0.15) is 12.5 Å². The van der Waals surface area contributed by atoms with Gasteiger partial charge >= 0.3 is 0 Å². The third-order valence-electron chi connectivity index (χ3n) is 2.74. The second-order valence-corrected chi connectivity index (χ2v) is 6.26. The molecule has 0 atom stereocenters. The number of benzene rings is 2. The van der Waals surface area contributed by atoms with Crippen LogP contribution < -0.4 is 5.43 Å². The molecule has 0 fully saturated rings. The molecule has 1 N–H and O–H groups in total. The van der Waals surface area contributed by atoms with Crippen molar-refractivity contribution in [1.29, 1.82) is 0 Å². The summed E-state index contributed by atoms with van der Waals surface area (Å²) in [6, 6.07) is 15.7. The molecule has 20 heavy (non-hydrogen) atoms. The van der Waals surface area contributed by atoms with Gasteiger partial charge in [-0.25, -0.2) is 8.42 Å². The zero-order chi connectivity index (χ0) is 14.4. The lowest BCUT2D eigenvalue weighted by Crippen LogP contribution is -2.04. The van der Waals surface area contributed by atoms with Crippen molar-refractivity contribution in [3.63, 3.8) is 0 Å². The Morgan fingerprint density at radius 2 is 1.70 bits per heavy atom. The molecule has 0 bridgehead atoms. The van der Waals surface area contributed by atoms with E-state index in [-0.39, 0.29) is 5.75 Å². The van der Waals surface area contributed by atoms with Gasteiger partial charge in [0, 0.05) is 6.21 Å². The molecule has 0 aromatic heterocycles. The predicted molar refractivity (Wildman–Crippen MR) is 81.6 cm³/mol. The first kappa shape index (κ1) is 14.3. The number of hydrazone groups is 1. The molecule has 0 saturated carbocycles. The van der Waals surface area contributed by atoms with Gasteiger partial charge in [-0.15, -0.1) is 0 Å².